The van der Waals surface area contributed by atoms with E-state index in [-0.39, 0.29) is 11.9 Å². The Balaban J connectivity index is 1.81. The fourth-order valence-corrected chi connectivity index (χ4v) is 2.39. The Labute approximate surface area is 130 Å². The fourth-order valence-electron chi connectivity index (χ4n) is 2.39. The summed E-state index contributed by atoms with van der Waals surface area (Å²) >= 11 is 0. The van der Waals surface area contributed by atoms with E-state index >= 15 is 0 Å². The summed E-state index contributed by atoms with van der Waals surface area (Å²) in [5.41, 5.74) is 0.702. The molecule has 0 unspecified atom stereocenters. The summed E-state index contributed by atoms with van der Waals surface area (Å²) in [6, 6.07) is 13.6. The second kappa shape index (κ2) is 8.17. The van der Waals surface area contributed by atoms with Gasteiger partial charge in [-0.3, -0.25) is 9.59 Å². The predicted octanol–water partition coefficient (Wildman–Crippen LogP) is 3.30. The van der Waals surface area contributed by atoms with E-state index < -0.39 is 0 Å². The predicted molar refractivity (Wildman–Crippen MR) is 86.8 cm³/mol. The average Bonchev–Trinajstić information content (AvgIpc) is 2.56. The van der Waals surface area contributed by atoms with Crippen molar-refractivity contribution in [1.29, 1.82) is 0 Å². The van der Waals surface area contributed by atoms with Gasteiger partial charge in [0.2, 0.25) is 0 Å². The van der Waals surface area contributed by atoms with E-state index in [0.29, 0.717) is 18.5 Å². The summed E-state index contributed by atoms with van der Waals surface area (Å²) < 4.78 is 4.59. The second-order valence-electron chi connectivity index (χ2n) is 5.17. The first-order valence-corrected chi connectivity index (χ1v) is 7.55. The normalized spacial score (nSPS) is 10.4. The Kier molecular flexibility index (Phi) is 5.95. The summed E-state index contributed by atoms with van der Waals surface area (Å²) in [5.74, 6) is -0.232. The maximum Gasteiger partial charge on any atom is 0.305 e. The molecule has 0 aromatic heterocycles. The highest BCUT2D eigenvalue weighted by atomic mass is 16.5. The van der Waals surface area contributed by atoms with Crippen molar-refractivity contribution in [2.24, 2.45) is 0 Å². The summed E-state index contributed by atoms with van der Waals surface area (Å²) in [5, 5.41) is 4.97. The number of carbonyl (C=O) groups excluding carboxylic acids is 2. The number of esters is 1. The van der Waals surface area contributed by atoms with Crippen LogP contribution in [-0.2, 0) is 9.53 Å². The minimum atomic E-state index is -0.181. The lowest BCUT2D eigenvalue weighted by Gasteiger charge is -2.08. The molecule has 0 fully saturated rings. The van der Waals surface area contributed by atoms with Crippen LogP contribution in [0.4, 0.5) is 0 Å². The lowest BCUT2D eigenvalue weighted by atomic mass is 10.0. The number of hydrogen-bond donors (Lipinski definition) is 1. The van der Waals surface area contributed by atoms with Gasteiger partial charge in [0.15, 0.2) is 0 Å². The van der Waals surface area contributed by atoms with Crippen LogP contribution in [0.2, 0.25) is 0 Å². The zero-order valence-electron chi connectivity index (χ0n) is 12.8. The van der Waals surface area contributed by atoms with Gasteiger partial charge in [0.05, 0.1) is 7.11 Å². The lowest BCUT2D eigenvalue weighted by Crippen LogP contribution is -2.24. The fraction of sp³-hybridized carbons (Fsp3) is 0.333. The van der Waals surface area contributed by atoms with Crippen molar-refractivity contribution in [2.45, 2.75) is 25.7 Å². The molecule has 0 aliphatic rings. The molecule has 0 saturated carbocycles. The Hall–Kier alpha value is -2.36. The number of ether oxygens (including phenoxy) is 1. The van der Waals surface area contributed by atoms with Gasteiger partial charge in [-0.25, -0.2) is 0 Å². The third-order valence-corrected chi connectivity index (χ3v) is 3.61. The van der Waals surface area contributed by atoms with Gasteiger partial charge in [-0.2, -0.15) is 0 Å². The number of nitrogens with one attached hydrogen (secondary N) is 1. The Morgan fingerprint density at radius 3 is 2.59 bits per heavy atom. The molecule has 0 atom stereocenters. The zero-order chi connectivity index (χ0) is 15.8. The molecule has 0 aliphatic carbocycles. The Morgan fingerprint density at radius 2 is 1.77 bits per heavy atom. The summed E-state index contributed by atoms with van der Waals surface area (Å²) in [6.45, 7) is 0.614. The molecule has 2 rings (SSSR count). The first-order chi connectivity index (χ1) is 10.7. The molecule has 0 radical (unpaired) electrons. The summed E-state index contributed by atoms with van der Waals surface area (Å²) in [7, 11) is 1.40. The number of unbranched alkanes of at least 4 members (excludes halogenated alkanes) is 2. The highest BCUT2D eigenvalue weighted by Gasteiger charge is 2.08. The van der Waals surface area contributed by atoms with Crippen molar-refractivity contribution in [1.82, 2.24) is 5.32 Å². The lowest BCUT2D eigenvalue weighted by molar-refractivity contribution is -0.140. The minimum absolute atomic E-state index is 0.0511. The van der Waals surface area contributed by atoms with E-state index in [0.717, 1.165) is 30.0 Å². The highest BCUT2D eigenvalue weighted by Crippen LogP contribution is 2.18. The number of methoxy groups -OCH3 is 1. The molecule has 4 heteroatoms. The van der Waals surface area contributed by atoms with E-state index in [2.05, 4.69) is 10.1 Å². The molecule has 0 spiro atoms. The molecule has 0 bridgehead atoms. The molecule has 2 aromatic carbocycles. The summed E-state index contributed by atoms with van der Waals surface area (Å²) in [4.78, 5) is 23.2. The molecule has 4 nitrogen and oxygen atoms in total. The van der Waals surface area contributed by atoms with Crippen LogP contribution in [0.5, 0.6) is 0 Å². The van der Waals surface area contributed by atoms with Crippen LogP contribution in [0.25, 0.3) is 10.8 Å². The van der Waals surface area contributed by atoms with E-state index in [1.807, 2.05) is 42.5 Å². The number of amides is 1. The van der Waals surface area contributed by atoms with E-state index in [1.54, 1.807) is 0 Å². The van der Waals surface area contributed by atoms with Gasteiger partial charge in [-0.05, 0) is 29.7 Å². The largest absolute Gasteiger partial charge is 0.469 e. The molecule has 1 amide bonds. The molecule has 2 aromatic rings. The molecular formula is C18H21NO3. The van der Waals surface area contributed by atoms with Crippen molar-refractivity contribution < 1.29 is 14.3 Å². The highest BCUT2D eigenvalue weighted by molar-refractivity contribution is 6.06. The van der Waals surface area contributed by atoms with Gasteiger partial charge in [0.25, 0.3) is 5.91 Å². The van der Waals surface area contributed by atoms with Crippen LogP contribution in [-0.4, -0.2) is 25.5 Å². The van der Waals surface area contributed by atoms with Gasteiger partial charge < -0.3 is 10.1 Å². The Bertz CT molecular complexity index is 646. The van der Waals surface area contributed by atoms with Gasteiger partial charge in [-0.1, -0.05) is 42.8 Å². The Morgan fingerprint density at radius 1 is 1.00 bits per heavy atom. The van der Waals surface area contributed by atoms with Crippen LogP contribution in [0.15, 0.2) is 42.5 Å². The van der Waals surface area contributed by atoms with Crippen molar-refractivity contribution in [3.8, 4) is 0 Å². The number of rotatable bonds is 7. The quantitative estimate of drug-likeness (QED) is 0.630. The van der Waals surface area contributed by atoms with Crippen LogP contribution >= 0.6 is 0 Å². The standard InChI is InChI=1S/C18H21NO3/c1-22-17(20)12-3-2-6-13-19-18(21)16-11-7-9-14-8-4-5-10-15(14)16/h4-5,7-11H,2-3,6,12-13H2,1H3,(H,19,21). The number of fused-ring (bicyclic) bond motifs is 1. The van der Waals surface area contributed by atoms with Crippen LogP contribution in [0.3, 0.4) is 0 Å². The van der Waals surface area contributed by atoms with Crippen molar-refractivity contribution in [3.63, 3.8) is 0 Å². The maximum absolute atomic E-state index is 12.3. The molecule has 22 heavy (non-hydrogen) atoms. The molecule has 1 N–H and O–H groups in total. The smallest absolute Gasteiger partial charge is 0.305 e. The molecule has 116 valence electrons. The monoisotopic (exact) mass is 299 g/mol. The second-order valence-corrected chi connectivity index (χ2v) is 5.17. The van der Waals surface area contributed by atoms with Crippen LogP contribution in [0.1, 0.15) is 36.0 Å². The third-order valence-electron chi connectivity index (χ3n) is 3.61. The van der Waals surface area contributed by atoms with Gasteiger partial charge in [-0.15, -0.1) is 0 Å². The molecule has 0 heterocycles. The average molecular weight is 299 g/mol. The first-order valence-electron chi connectivity index (χ1n) is 7.55. The molecule has 0 aliphatic heterocycles. The topological polar surface area (TPSA) is 55.4 Å². The van der Waals surface area contributed by atoms with Gasteiger partial charge in [0, 0.05) is 18.5 Å². The van der Waals surface area contributed by atoms with Crippen molar-refractivity contribution >= 4 is 22.6 Å². The number of hydrogen-bond acceptors (Lipinski definition) is 3. The first kappa shape index (κ1) is 16.0. The third kappa shape index (κ3) is 4.32. The SMILES string of the molecule is COC(=O)CCCCCNC(=O)c1cccc2ccccc12. The molecular weight excluding hydrogens is 278 g/mol. The summed E-state index contributed by atoms with van der Waals surface area (Å²) in [6.07, 6.45) is 2.98. The number of carbonyl (C=O) groups is 2. The minimum Gasteiger partial charge on any atom is -0.469 e. The van der Waals surface area contributed by atoms with E-state index in [1.165, 1.54) is 7.11 Å². The molecule has 0 saturated heterocycles. The number of benzene rings is 2. The maximum atomic E-state index is 12.3. The van der Waals surface area contributed by atoms with E-state index in [4.69, 9.17) is 0 Å². The van der Waals surface area contributed by atoms with Crippen molar-refractivity contribution in [2.75, 3.05) is 13.7 Å². The zero-order valence-corrected chi connectivity index (χ0v) is 12.8. The van der Waals surface area contributed by atoms with Crippen LogP contribution < -0.4 is 5.32 Å². The van der Waals surface area contributed by atoms with Gasteiger partial charge >= 0.3 is 5.97 Å². The van der Waals surface area contributed by atoms with E-state index in [9.17, 15) is 9.59 Å². The van der Waals surface area contributed by atoms with Gasteiger partial charge in [0.1, 0.15) is 0 Å². The van der Waals surface area contributed by atoms with Crippen LogP contribution in [0, 0.1) is 0 Å². The van der Waals surface area contributed by atoms with Crippen molar-refractivity contribution in [3.05, 3.63) is 48.0 Å².